The molecule has 1 aromatic heterocycles. The molecule has 1 aliphatic heterocycles. The molecule has 0 unspecified atom stereocenters. The highest BCUT2D eigenvalue weighted by Crippen LogP contribution is 2.42. The van der Waals surface area contributed by atoms with Gasteiger partial charge < -0.3 is 24.5 Å². The number of ether oxygens (including phenoxy) is 2. The van der Waals surface area contributed by atoms with Gasteiger partial charge in [-0.05, 0) is 42.5 Å². The number of hydrogen-bond acceptors (Lipinski definition) is 5. The van der Waals surface area contributed by atoms with E-state index in [4.69, 9.17) is 4.42 Å². The van der Waals surface area contributed by atoms with Gasteiger partial charge in [-0.2, -0.15) is 0 Å². The Kier molecular flexibility index (Phi) is 4.19. The van der Waals surface area contributed by atoms with Crippen LogP contribution in [0.5, 0.6) is 11.5 Å². The average Bonchev–Trinajstić information content (AvgIpc) is 3.28. The molecule has 4 rings (SSSR count). The molecule has 0 saturated heterocycles. The summed E-state index contributed by atoms with van der Waals surface area (Å²) in [5.74, 6) is -1.13. The minimum absolute atomic E-state index is 0.120. The molecule has 0 saturated carbocycles. The minimum atomic E-state index is -3.73. The predicted molar refractivity (Wildman–Crippen MR) is 93.7 cm³/mol. The fourth-order valence-electron chi connectivity index (χ4n) is 2.57. The van der Waals surface area contributed by atoms with E-state index >= 15 is 0 Å². The lowest BCUT2D eigenvalue weighted by molar-refractivity contribution is -0.286. The Balaban J connectivity index is 1.46. The molecule has 3 aromatic rings. The summed E-state index contributed by atoms with van der Waals surface area (Å²) in [5, 5.41) is 5.19. The topological polar surface area (TPSA) is 89.8 Å². The zero-order chi connectivity index (χ0) is 19.7. The normalized spacial score (nSPS) is 13.8. The van der Waals surface area contributed by atoms with Crippen LogP contribution in [0, 0.1) is 0 Å². The second-order valence-electron chi connectivity index (χ2n) is 5.80. The van der Waals surface area contributed by atoms with Crippen molar-refractivity contribution in [2.24, 2.45) is 0 Å². The molecular formula is C19H12F2N2O5. The van der Waals surface area contributed by atoms with Gasteiger partial charge in [0.15, 0.2) is 17.3 Å². The van der Waals surface area contributed by atoms with Crippen LogP contribution in [0.25, 0.3) is 0 Å². The van der Waals surface area contributed by atoms with Crippen LogP contribution in [0.1, 0.15) is 20.9 Å². The minimum Gasteiger partial charge on any atom is -0.459 e. The summed E-state index contributed by atoms with van der Waals surface area (Å²) in [4.78, 5) is 24.5. The second kappa shape index (κ2) is 6.69. The molecule has 142 valence electrons. The fraction of sp³-hybridized carbons (Fsp3) is 0.0526. The van der Waals surface area contributed by atoms with Crippen LogP contribution in [-0.2, 0) is 0 Å². The maximum Gasteiger partial charge on any atom is 0.586 e. The molecule has 0 radical (unpaired) electrons. The summed E-state index contributed by atoms with van der Waals surface area (Å²) in [6.07, 6.45) is -2.36. The lowest BCUT2D eigenvalue weighted by Gasteiger charge is -2.08. The monoisotopic (exact) mass is 386 g/mol. The van der Waals surface area contributed by atoms with Crippen molar-refractivity contribution in [3.63, 3.8) is 0 Å². The largest absolute Gasteiger partial charge is 0.586 e. The fourth-order valence-corrected chi connectivity index (χ4v) is 2.57. The van der Waals surface area contributed by atoms with Crippen molar-refractivity contribution in [2.75, 3.05) is 10.6 Å². The molecule has 7 nitrogen and oxygen atoms in total. The summed E-state index contributed by atoms with van der Waals surface area (Å²) in [6.45, 7) is 0. The third kappa shape index (κ3) is 3.63. The van der Waals surface area contributed by atoms with Crippen molar-refractivity contribution in [3.05, 3.63) is 72.2 Å². The Morgan fingerprint density at radius 3 is 2.36 bits per heavy atom. The summed E-state index contributed by atoms with van der Waals surface area (Å²) in [6, 6.07) is 13.2. The number of carbonyl (C=O) groups excluding carboxylic acids is 2. The molecule has 2 heterocycles. The summed E-state index contributed by atoms with van der Waals surface area (Å²) >= 11 is 0. The average molecular weight is 386 g/mol. The number of hydrogen-bond donors (Lipinski definition) is 2. The van der Waals surface area contributed by atoms with Gasteiger partial charge in [0.25, 0.3) is 11.8 Å². The number of rotatable bonds is 4. The van der Waals surface area contributed by atoms with E-state index in [2.05, 4.69) is 20.1 Å². The number of amides is 2. The molecule has 0 atom stereocenters. The smallest absolute Gasteiger partial charge is 0.459 e. The maximum absolute atomic E-state index is 13.1. The zero-order valence-corrected chi connectivity index (χ0v) is 14.1. The van der Waals surface area contributed by atoms with E-state index in [1.165, 1.54) is 36.6 Å². The number of benzene rings is 2. The van der Waals surface area contributed by atoms with Crippen molar-refractivity contribution in [1.82, 2.24) is 0 Å². The van der Waals surface area contributed by atoms with Crippen LogP contribution < -0.4 is 20.1 Å². The van der Waals surface area contributed by atoms with Crippen LogP contribution in [0.15, 0.2) is 65.3 Å². The van der Waals surface area contributed by atoms with Gasteiger partial charge >= 0.3 is 6.29 Å². The van der Waals surface area contributed by atoms with E-state index in [1.807, 2.05) is 0 Å². The molecule has 2 aromatic carbocycles. The van der Waals surface area contributed by atoms with E-state index in [0.717, 1.165) is 0 Å². The number of carbonyl (C=O) groups is 2. The molecule has 1 aliphatic rings. The lowest BCUT2D eigenvalue weighted by atomic mass is 10.1. The van der Waals surface area contributed by atoms with Crippen LogP contribution in [0.2, 0.25) is 0 Å². The van der Waals surface area contributed by atoms with Gasteiger partial charge in [-0.15, -0.1) is 8.78 Å². The molecule has 0 bridgehead atoms. The van der Waals surface area contributed by atoms with Crippen LogP contribution >= 0.6 is 0 Å². The van der Waals surface area contributed by atoms with Crippen LogP contribution in [0.4, 0.5) is 20.2 Å². The second-order valence-corrected chi connectivity index (χ2v) is 5.80. The first-order valence-corrected chi connectivity index (χ1v) is 8.06. The van der Waals surface area contributed by atoms with Crippen molar-refractivity contribution < 1.29 is 32.3 Å². The van der Waals surface area contributed by atoms with Gasteiger partial charge in [0.1, 0.15) is 0 Å². The molecular weight excluding hydrogens is 374 g/mol. The highest BCUT2D eigenvalue weighted by atomic mass is 19.3. The molecule has 0 aliphatic carbocycles. The third-order valence-corrected chi connectivity index (χ3v) is 3.79. The van der Waals surface area contributed by atoms with Gasteiger partial charge in [-0.3, -0.25) is 9.59 Å². The van der Waals surface area contributed by atoms with Gasteiger partial charge in [0, 0.05) is 23.0 Å². The van der Waals surface area contributed by atoms with Crippen molar-refractivity contribution in [3.8, 4) is 11.5 Å². The van der Waals surface area contributed by atoms with Crippen molar-refractivity contribution in [2.45, 2.75) is 6.29 Å². The number of nitrogens with one attached hydrogen (secondary N) is 2. The maximum atomic E-state index is 13.1. The Labute approximate surface area is 156 Å². The van der Waals surface area contributed by atoms with Gasteiger partial charge in [0.05, 0.1) is 6.26 Å². The SMILES string of the molecule is O=C(Nc1ccc2c(c1)OC(F)(F)O2)c1cccc(NC(=O)c2ccco2)c1. The first-order chi connectivity index (χ1) is 13.4. The van der Waals surface area contributed by atoms with E-state index < -0.39 is 18.1 Å². The number of fused-ring (bicyclic) bond motifs is 1. The van der Waals surface area contributed by atoms with E-state index in [1.54, 1.807) is 24.3 Å². The first kappa shape index (κ1) is 17.5. The molecule has 0 spiro atoms. The first-order valence-electron chi connectivity index (χ1n) is 8.06. The van der Waals surface area contributed by atoms with Crippen LogP contribution in [0.3, 0.4) is 0 Å². The number of furan rings is 1. The Morgan fingerprint density at radius 2 is 1.57 bits per heavy atom. The molecule has 2 N–H and O–H groups in total. The summed E-state index contributed by atoms with van der Waals surface area (Å²) < 4.78 is 39.8. The Hall–Kier alpha value is -3.88. The lowest BCUT2D eigenvalue weighted by Crippen LogP contribution is -2.25. The van der Waals surface area contributed by atoms with Gasteiger partial charge in [0.2, 0.25) is 0 Å². The zero-order valence-electron chi connectivity index (χ0n) is 14.1. The van der Waals surface area contributed by atoms with Crippen molar-refractivity contribution >= 4 is 23.2 Å². The molecule has 9 heteroatoms. The highest BCUT2D eigenvalue weighted by Gasteiger charge is 2.43. The Bertz CT molecular complexity index is 1050. The summed E-state index contributed by atoms with van der Waals surface area (Å²) in [5.41, 5.74) is 0.884. The number of halogens is 2. The Morgan fingerprint density at radius 1 is 0.821 bits per heavy atom. The predicted octanol–water partition coefficient (Wildman–Crippen LogP) is 4.11. The van der Waals surface area contributed by atoms with E-state index in [-0.39, 0.29) is 28.5 Å². The quantitative estimate of drug-likeness (QED) is 0.705. The third-order valence-electron chi connectivity index (χ3n) is 3.79. The highest BCUT2D eigenvalue weighted by molar-refractivity contribution is 6.06. The van der Waals surface area contributed by atoms with Gasteiger partial charge in [-0.1, -0.05) is 6.07 Å². The summed E-state index contributed by atoms with van der Waals surface area (Å²) in [7, 11) is 0. The van der Waals surface area contributed by atoms with Crippen LogP contribution in [-0.4, -0.2) is 18.1 Å². The van der Waals surface area contributed by atoms with E-state index in [0.29, 0.717) is 5.69 Å². The molecule has 0 fully saturated rings. The number of anilines is 2. The number of alkyl halides is 2. The standard InChI is InChI=1S/C19H12F2N2O5/c20-19(21)27-14-7-6-13(10-16(14)28-19)22-17(24)11-3-1-4-12(9-11)23-18(25)15-5-2-8-26-15/h1-10H,(H,22,24)(H,23,25). The van der Waals surface area contributed by atoms with Gasteiger partial charge in [-0.25, -0.2) is 0 Å². The van der Waals surface area contributed by atoms with Crippen molar-refractivity contribution in [1.29, 1.82) is 0 Å². The van der Waals surface area contributed by atoms with E-state index in [9.17, 15) is 18.4 Å². The molecule has 2 amide bonds. The molecule has 28 heavy (non-hydrogen) atoms.